The summed E-state index contributed by atoms with van der Waals surface area (Å²) in [5.74, 6) is 0. The van der Waals surface area contributed by atoms with E-state index in [0.29, 0.717) is 6.04 Å². The molecule has 1 aromatic rings. The van der Waals surface area contributed by atoms with Crippen molar-refractivity contribution in [1.82, 2.24) is 10.6 Å². The molecule has 0 aliphatic heterocycles. The third-order valence-electron chi connectivity index (χ3n) is 3.78. The molecule has 0 bridgehead atoms. The molecule has 1 amide bonds. The Bertz CT molecular complexity index is 462. The van der Waals surface area contributed by atoms with Crippen molar-refractivity contribution in [1.29, 1.82) is 0 Å². The Hall–Kier alpha value is -1.55. The van der Waals surface area contributed by atoms with Crippen LogP contribution in [0, 0.1) is 0 Å². The van der Waals surface area contributed by atoms with Gasteiger partial charge in [-0.3, -0.25) is 0 Å². The molecular weight excluding hydrogens is 276 g/mol. The molecule has 2 N–H and O–H groups in total. The molecule has 1 aliphatic rings. The molecule has 1 fully saturated rings. The van der Waals surface area contributed by atoms with Gasteiger partial charge in [0.15, 0.2) is 0 Å². The highest BCUT2D eigenvalue weighted by molar-refractivity contribution is 5.68. The topological polar surface area (TPSA) is 50.4 Å². The zero-order valence-corrected chi connectivity index (χ0v) is 13.9. The number of ether oxygens (including phenoxy) is 1. The van der Waals surface area contributed by atoms with Gasteiger partial charge in [-0.2, -0.15) is 0 Å². The maximum absolute atomic E-state index is 11.6. The lowest BCUT2D eigenvalue weighted by Gasteiger charge is -2.36. The fraction of sp³-hybridized carbons (Fsp3) is 0.611. The van der Waals surface area contributed by atoms with Crippen LogP contribution in [0.2, 0.25) is 0 Å². The van der Waals surface area contributed by atoms with Gasteiger partial charge < -0.3 is 15.4 Å². The molecule has 0 atom stereocenters. The van der Waals surface area contributed by atoms with Crippen molar-refractivity contribution in [3.63, 3.8) is 0 Å². The van der Waals surface area contributed by atoms with E-state index in [4.69, 9.17) is 4.74 Å². The van der Waals surface area contributed by atoms with E-state index < -0.39 is 5.60 Å². The molecule has 0 spiro atoms. The lowest BCUT2D eigenvalue weighted by Crippen LogP contribution is -2.53. The Balaban J connectivity index is 1.52. The third-order valence-corrected chi connectivity index (χ3v) is 3.78. The highest BCUT2D eigenvalue weighted by Crippen LogP contribution is 2.20. The molecule has 122 valence electrons. The summed E-state index contributed by atoms with van der Waals surface area (Å²) in [6, 6.07) is 11.3. The SMILES string of the molecule is CC(C)(C)OC(=O)NC1CC(NCCCc2ccccc2)C1. The second kappa shape index (κ2) is 7.63. The number of hydrogen-bond acceptors (Lipinski definition) is 3. The first kappa shape index (κ1) is 16.8. The summed E-state index contributed by atoms with van der Waals surface area (Å²) in [7, 11) is 0. The van der Waals surface area contributed by atoms with Crippen molar-refractivity contribution in [3.05, 3.63) is 35.9 Å². The molecule has 4 heteroatoms. The molecule has 22 heavy (non-hydrogen) atoms. The number of alkyl carbamates (subject to hydrolysis) is 1. The standard InChI is InChI=1S/C18H28N2O2/c1-18(2,3)22-17(21)20-16-12-15(13-16)19-11-7-10-14-8-5-4-6-9-14/h4-6,8-9,15-16,19H,7,10-13H2,1-3H3,(H,20,21). The maximum Gasteiger partial charge on any atom is 0.407 e. The molecule has 1 saturated carbocycles. The second-order valence-corrected chi connectivity index (χ2v) is 7.05. The molecule has 0 heterocycles. The zero-order chi connectivity index (χ0) is 16.0. The smallest absolute Gasteiger partial charge is 0.407 e. The third kappa shape index (κ3) is 6.06. The van der Waals surface area contributed by atoms with Gasteiger partial charge in [0, 0.05) is 12.1 Å². The van der Waals surface area contributed by atoms with Crippen LogP contribution in [0.15, 0.2) is 30.3 Å². The fourth-order valence-corrected chi connectivity index (χ4v) is 2.62. The number of benzene rings is 1. The van der Waals surface area contributed by atoms with Gasteiger partial charge in [-0.25, -0.2) is 4.79 Å². The number of aryl methyl sites for hydroxylation is 1. The minimum Gasteiger partial charge on any atom is -0.444 e. The zero-order valence-electron chi connectivity index (χ0n) is 13.9. The first-order chi connectivity index (χ1) is 10.4. The van der Waals surface area contributed by atoms with Crippen LogP contribution in [0.4, 0.5) is 4.79 Å². The maximum atomic E-state index is 11.6. The van der Waals surface area contributed by atoms with E-state index in [1.807, 2.05) is 26.8 Å². The van der Waals surface area contributed by atoms with Crippen LogP contribution in [0.3, 0.4) is 0 Å². The van der Waals surface area contributed by atoms with Crippen molar-refractivity contribution >= 4 is 6.09 Å². The minimum atomic E-state index is -0.428. The summed E-state index contributed by atoms with van der Waals surface area (Å²) < 4.78 is 5.26. The number of rotatable bonds is 6. The Morgan fingerprint density at radius 1 is 1.18 bits per heavy atom. The summed E-state index contributed by atoms with van der Waals surface area (Å²) in [5, 5.41) is 6.47. The average molecular weight is 304 g/mol. The molecular formula is C18H28N2O2. The number of carbonyl (C=O) groups is 1. The Kier molecular flexibility index (Phi) is 5.83. The largest absolute Gasteiger partial charge is 0.444 e. The first-order valence-electron chi connectivity index (χ1n) is 8.19. The van der Waals surface area contributed by atoms with Gasteiger partial charge in [0.05, 0.1) is 0 Å². The van der Waals surface area contributed by atoms with Gasteiger partial charge in [0.1, 0.15) is 5.60 Å². The number of hydrogen-bond donors (Lipinski definition) is 2. The van der Waals surface area contributed by atoms with E-state index >= 15 is 0 Å². The van der Waals surface area contributed by atoms with E-state index in [-0.39, 0.29) is 12.1 Å². The van der Waals surface area contributed by atoms with E-state index in [0.717, 1.165) is 32.2 Å². The van der Waals surface area contributed by atoms with Crippen molar-refractivity contribution in [2.45, 2.75) is 64.1 Å². The lowest BCUT2D eigenvalue weighted by molar-refractivity contribution is 0.0465. The summed E-state index contributed by atoms with van der Waals surface area (Å²) in [4.78, 5) is 11.6. The van der Waals surface area contributed by atoms with Crippen LogP contribution >= 0.6 is 0 Å². The quantitative estimate of drug-likeness (QED) is 0.793. The lowest BCUT2D eigenvalue weighted by atomic mass is 9.87. The van der Waals surface area contributed by atoms with E-state index in [1.165, 1.54) is 5.56 Å². The Morgan fingerprint density at radius 3 is 2.50 bits per heavy atom. The molecule has 0 radical (unpaired) electrons. The number of amides is 1. The van der Waals surface area contributed by atoms with Gasteiger partial charge >= 0.3 is 6.09 Å². The van der Waals surface area contributed by atoms with Crippen LogP contribution in [0.5, 0.6) is 0 Å². The summed E-state index contributed by atoms with van der Waals surface area (Å²) in [6.45, 7) is 6.66. The van der Waals surface area contributed by atoms with Crippen molar-refractivity contribution in [2.24, 2.45) is 0 Å². The van der Waals surface area contributed by atoms with Crippen LogP contribution in [0.1, 0.15) is 45.6 Å². The Labute approximate surface area is 133 Å². The van der Waals surface area contributed by atoms with Crippen molar-refractivity contribution in [2.75, 3.05) is 6.54 Å². The first-order valence-corrected chi connectivity index (χ1v) is 8.19. The predicted molar refractivity (Wildman–Crippen MR) is 88.9 cm³/mol. The van der Waals surface area contributed by atoms with E-state index in [2.05, 4.69) is 34.9 Å². The molecule has 2 rings (SSSR count). The van der Waals surface area contributed by atoms with Crippen molar-refractivity contribution < 1.29 is 9.53 Å². The number of carbonyl (C=O) groups excluding carboxylic acids is 1. The molecule has 0 saturated heterocycles. The molecule has 1 aromatic carbocycles. The summed E-state index contributed by atoms with van der Waals surface area (Å²) >= 11 is 0. The summed E-state index contributed by atoms with van der Waals surface area (Å²) in [5.41, 5.74) is 0.963. The molecule has 0 unspecified atom stereocenters. The highest BCUT2D eigenvalue weighted by atomic mass is 16.6. The Morgan fingerprint density at radius 2 is 1.86 bits per heavy atom. The monoisotopic (exact) mass is 304 g/mol. The van der Waals surface area contributed by atoms with Gasteiger partial charge in [-0.15, -0.1) is 0 Å². The highest BCUT2D eigenvalue weighted by Gasteiger charge is 2.30. The van der Waals surface area contributed by atoms with Gasteiger partial charge in [0.2, 0.25) is 0 Å². The van der Waals surface area contributed by atoms with Crippen molar-refractivity contribution in [3.8, 4) is 0 Å². The van der Waals surface area contributed by atoms with Gasteiger partial charge in [-0.1, -0.05) is 30.3 Å². The summed E-state index contributed by atoms with van der Waals surface area (Å²) in [6.07, 6.45) is 3.93. The second-order valence-electron chi connectivity index (χ2n) is 7.05. The van der Waals surface area contributed by atoms with E-state index in [1.54, 1.807) is 0 Å². The molecule has 1 aliphatic carbocycles. The van der Waals surface area contributed by atoms with Crippen LogP contribution in [-0.4, -0.2) is 30.3 Å². The average Bonchev–Trinajstić information content (AvgIpc) is 2.39. The van der Waals surface area contributed by atoms with Crippen LogP contribution in [0.25, 0.3) is 0 Å². The molecule has 4 nitrogen and oxygen atoms in total. The minimum absolute atomic E-state index is 0.251. The van der Waals surface area contributed by atoms with Crippen LogP contribution in [-0.2, 0) is 11.2 Å². The predicted octanol–water partition coefficient (Wildman–Crippen LogP) is 3.26. The normalized spacial score (nSPS) is 21.0. The van der Waals surface area contributed by atoms with Gasteiger partial charge in [-0.05, 0) is 58.6 Å². The van der Waals surface area contributed by atoms with Crippen LogP contribution < -0.4 is 10.6 Å². The number of nitrogens with one attached hydrogen (secondary N) is 2. The van der Waals surface area contributed by atoms with Gasteiger partial charge in [0.25, 0.3) is 0 Å². The fourth-order valence-electron chi connectivity index (χ4n) is 2.62. The van der Waals surface area contributed by atoms with E-state index in [9.17, 15) is 4.79 Å². The molecule has 0 aromatic heterocycles.